The summed E-state index contributed by atoms with van der Waals surface area (Å²) in [7, 11) is 0. The Morgan fingerprint density at radius 2 is 0.778 bits per heavy atom. The molecule has 0 amide bonds. The number of hydrogen-bond donors (Lipinski definition) is 0. The van der Waals surface area contributed by atoms with Crippen molar-refractivity contribution in [1.82, 2.24) is 0 Å². The van der Waals surface area contributed by atoms with Gasteiger partial charge < -0.3 is 4.90 Å². The van der Waals surface area contributed by atoms with Gasteiger partial charge in [-0.3, -0.25) is 0 Å². The molecular weight excluding hydrogens is 759 g/mol. The number of hydrogen-bond acceptors (Lipinski definition) is 1. The maximum Gasteiger partial charge on any atom is 0.0540 e. The Labute approximate surface area is 370 Å². The molecule has 0 saturated heterocycles. The van der Waals surface area contributed by atoms with Crippen LogP contribution in [0.3, 0.4) is 0 Å². The molecule has 10 aromatic rings. The molecular formula is C62H45N. The molecule has 63 heavy (non-hydrogen) atoms. The fourth-order valence-corrected chi connectivity index (χ4v) is 11.1. The molecule has 10 aromatic carbocycles. The first kappa shape index (κ1) is 37.1. The Kier molecular flexibility index (Phi) is 8.49. The van der Waals surface area contributed by atoms with Gasteiger partial charge in [-0.05, 0) is 133 Å². The van der Waals surface area contributed by atoms with Crippen molar-refractivity contribution in [2.45, 2.75) is 24.7 Å². The summed E-state index contributed by atoms with van der Waals surface area (Å²) in [6, 6.07) is 87.8. The molecule has 0 aliphatic heterocycles. The van der Waals surface area contributed by atoms with Crippen LogP contribution in [0.1, 0.15) is 47.2 Å². The van der Waals surface area contributed by atoms with E-state index in [9.17, 15) is 0 Å². The first-order valence-electron chi connectivity index (χ1n) is 22.1. The lowest BCUT2D eigenvalue weighted by atomic mass is 9.74. The Bertz CT molecular complexity index is 3380. The van der Waals surface area contributed by atoms with Crippen LogP contribution in [0.15, 0.2) is 237 Å². The van der Waals surface area contributed by atoms with Crippen molar-refractivity contribution >= 4 is 27.8 Å². The van der Waals surface area contributed by atoms with Gasteiger partial charge in [-0.15, -0.1) is 0 Å². The Hall–Kier alpha value is -7.74. The molecule has 0 fully saturated rings. The monoisotopic (exact) mass is 803 g/mol. The second-order valence-corrected chi connectivity index (χ2v) is 17.5. The molecule has 0 radical (unpaired) electrons. The number of nitrogens with zero attached hydrogens (tertiary/aromatic N) is 1. The van der Waals surface area contributed by atoms with E-state index in [2.05, 4.69) is 255 Å². The zero-order chi connectivity index (χ0) is 42.1. The lowest BCUT2D eigenvalue weighted by molar-refractivity contribution is 0.714. The average Bonchev–Trinajstić information content (AvgIpc) is 3.77. The third-order valence-electron chi connectivity index (χ3n) is 14.2. The minimum Gasteiger partial charge on any atom is -0.310 e. The van der Waals surface area contributed by atoms with Gasteiger partial charge in [0.25, 0.3) is 0 Å². The van der Waals surface area contributed by atoms with Crippen LogP contribution in [0.2, 0.25) is 0 Å². The predicted molar refractivity (Wildman–Crippen MR) is 264 cm³/mol. The standard InChI is InChI=1S/C62H45N/c1-61(45-22-5-3-6-23-45)56-32-14-11-29-52(56)54-37-35-44(40-58(54)61)51-28-13-16-34-60(51)63(47-26-17-21-43(39-47)50-31-18-20-42-19-9-10-27-49(42)50)48-36-38-55-53-30-12-15-33-57(53)62(2,59(55)41-48)46-24-7-4-8-25-46/h3-41H,1-2H3. The molecule has 1 nitrogen and oxygen atoms in total. The lowest BCUT2D eigenvalue weighted by Gasteiger charge is -2.32. The van der Waals surface area contributed by atoms with E-state index in [1.807, 2.05) is 0 Å². The van der Waals surface area contributed by atoms with Crippen LogP contribution in [0.5, 0.6) is 0 Å². The summed E-state index contributed by atoms with van der Waals surface area (Å²) in [6.45, 7) is 4.81. The SMILES string of the molecule is CC1(c2ccccc2)c2ccccc2-c2ccc(-c3ccccc3N(c3cccc(-c4cccc5ccccc45)c3)c3ccc4c(c3)C(C)(c3ccccc3)c3ccccc3-4)cc21. The molecule has 0 N–H and O–H groups in total. The van der Waals surface area contributed by atoms with Crippen molar-refractivity contribution in [2.75, 3.05) is 4.90 Å². The van der Waals surface area contributed by atoms with E-state index in [1.165, 1.54) is 88.7 Å². The average molecular weight is 804 g/mol. The van der Waals surface area contributed by atoms with Crippen LogP contribution in [0, 0.1) is 0 Å². The van der Waals surface area contributed by atoms with Crippen LogP contribution in [-0.4, -0.2) is 0 Å². The summed E-state index contributed by atoms with van der Waals surface area (Å²) in [5.74, 6) is 0. The fourth-order valence-electron chi connectivity index (χ4n) is 11.1. The summed E-state index contributed by atoms with van der Waals surface area (Å²) in [4.78, 5) is 2.50. The highest BCUT2D eigenvalue weighted by atomic mass is 15.1. The Morgan fingerprint density at radius 1 is 0.302 bits per heavy atom. The van der Waals surface area contributed by atoms with Crippen molar-refractivity contribution in [3.05, 3.63) is 270 Å². The Morgan fingerprint density at radius 3 is 1.48 bits per heavy atom. The van der Waals surface area contributed by atoms with Crippen molar-refractivity contribution < 1.29 is 0 Å². The molecule has 0 bridgehead atoms. The first-order chi connectivity index (χ1) is 31.0. The minimum atomic E-state index is -0.337. The highest BCUT2D eigenvalue weighted by Gasteiger charge is 2.42. The van der Waals surface area contributed by atoms with Crippen LogP contribution in [0.4, 0.5) is 17.1 Å². The van der Waals surface area contributed by atoms with Gasteiger partial charge in [0.2, 0.25) is 0 Å². The summed E-state index contributed by atoms with van der Waals surface area (Å²) < 4.78 is 0. The van der Waals surface area contributed by atoms with E-state index in [1.54, 1.807) is 0 Å². The Balaban J connectivity index is 1.08. The van der Waals surface area contributed by atoms with Gasteiger partial charge in [0.05, 0.1) is 5.69 Å². The maximum absolute atomic E-state index is 2.50. The maximum atomic E-state index is 2.50. The molecule has 2 aliphatic rings. The predicted octanol–water partition coefficient (Wildman–Crippen LogP) is 16.3. The minimum absolute atomic E-state index is 0.304. The summed E-state index contributed by atoms with van der Waals surface area (Å²) in [6.07, 6.45) is 0. The summed E-state index contributed by atoms with van der Waals surface area (Å²) >= 11 is 0. The molecule has 0 heterocycles. The fraction of sp³-hybridized carbons (Fsp3) is 0.0645. The van der Waals surface area contributed by atoms with E-state index in [0.29, 0.717) is 0 Å². The van der Waals surface area contributed by atoms with Crippen molar-refractivity contribution in [3.63, 3.8) is 0 Å². The van der Waals surface area contributed by atoms with Gasteiger partial charge >= 0.3 is 0 Å². The zero-order valence-electron chi connectivity index (χ0n) is 35.5. The largest absolute Gasteiger partial charge is 0.310 e. The molecule has 12 rings (SSSR count). The van der Waals surface area contributed by atoms with Gasteiger partial charge in [0, 0.05) is 27.8 Å². The summed E-state index contributed by atoms with van der Waals surface area (Å²) in [5.41, 5.74) is 20.6. The number of anilines is 3. The van der Waals surface area contributed by atoms with Gasteiger partial charge in [-0.1, -0.05) is 200 Å². The lowest BCUT2D eigenvalue weighted by Crippen LogP contribution is -2.23. The molecule has 0 saturated carbocycles. The van der Waals surface area contributed by atoms with E-state index >= 15 is 0 Å². The van der Waals surface area contributed by atoms with Crippen LogP contribution >= 0.6 is 0 Å². The van der Waals surface area contributed by atoms with E-state index in [-0.39, 0.29) is 10.8 Å². The van der Waals surface area contributed by atoms with Crippen molar-refractivity contribution in [2.24, 2.45) is 0 Å². The first-order valence-corrected chi connectivity index (χ1v) is 22.1. The van der Waals surface area contributed by atoms with Gasteiger partial charge in [0.1, 0.15) is 0 Å². The van der Waals surface area contributed by atoms with Gasteiger partial charge in [-0.2, -0.15) is 0 Å². The summed E-state index contributed by atoms with van der Waals surface area (Å²) in [5, 5.41) is 2.49. The zero-order valence-corrected chi connectivity index (χ0v) is 35.5. The topological polar surface area (TPSA) is 3.24 Å². The van der Waals surface area contributed by atoms with Crippen LogP contribution in [-0.2, 0) is 10.8 Å². The van der Waals surface area contributed by atoms with Crippen molar-refractivity contribution in [3.8, 4) is 44.5 Å². The third-order valence-corrected chi connectivity index (χ3v) is 14.2. The molecule has 2 unspecified atom stereocenters. The highest BCUT2D eigenvalue weighted by molar-refractivity contribution is 5.99. The molecule has 1 heteroatoms. The molecule has 2 aliphatic carbocycles. The second kappa shape index (κ2) is 14.4. The highest BCUT2D eigenvalue weighted by Crippen LogP contribution is 2.56. The van der Waals surface area contributed by atoms with Gasteiger partial charge in [0.15, 0.2) is 0 Å². The van der Waals surface area contributed by atoms with E-state index in [0.717, 1.165) is 17.1 Å². The molecule has 2 atom stereocenters. The number of rotatable bonds is 7. The number of fused-ring (bicyclic) bond motifs is 7. The smallest absolute Gasteiger partial charge is 0.0540 e. The van der Waals surface area contributed by atoms with E-state index in [4.69, 9.17) is 0 Å². The third kappa shape index (κ3) is 5.63. The van der Waals surface area contributed by atoms with Gasteiger partial charge in [-0.25, -0.2) is 0 Å². The van der Waals surface area contributed by atoms with Crippen molar-refractivity contribution in [1.29, 1.82) is 0 Å². The van der Waals surface area contributed by atoms with E-state index < -0.39 is 0 Å². The molecule has 0 spiro atoms. The molecule has 298 valence electrons. The number of para-hydroxylation sites is 1. The number of benzene rings is 10. The quantitative estimate of drug-likeness (QED) is 0.155. The van der Waals surface area contributed by atoms with Crippen LogP contribution in [0.25, 0.3) is 55.3 Å². The normalized spacial score (nSPS) is 16.9. The second-order valence-electron chi connectivity index (χ2n) is 17.5. The molecule has 0 aromatic heterocycles. The van der Waals surface area contributed by atoms with Crippen LogP contribution < -0.4 is 4.90 Å².